The zero-order valence-electron chi connectivity index (χ0n) is 10.9. The third kappa shape index (κ3) is 4.54. The van der Waals surface area contributed by atoms with Crippen LogP contribution in [0.25, 0.3) is 0 Å². The molecule has 0 spiro atoms. The molecule has 1 heterocycles. The molecule has 3 N–H and O–H groups in total. The van der Waals surface area contributed by atoms with Crippen molar-refractivity contribution in [1.29, 1.82) is 0 Å². The van der Waals surface area contributed by atoms with Crippen LogP contribution in [0.5, 0.6) is 0 Å². The monoisotopic (exact) mass is 308 g/mol. The van der Waals surface area contributed by atoms with E-state index in [0.717, 1.165) is 5.56 Å². The first-order valence-electron chi connectivity index (χ1n) is 6.13. The molecule has 110 valence electrons. The van der Waals surface area contributed by atoms with E-state index in [1.165, 1.54) is 12.1 Å². The summed E-state index contributed by atoms with van der Waals surface area (Å²) in [7, 11) is 0. The van der Waals surface area contributed by atoms with Gasteiger partial charge in [0, 0.05) is 11.6 Å². The SMILES string of the molecule is O=C(NCc1ccc(Cl)cc1)NCc1ccc(C(=O)O)o1. The Kier molecular flexibility index (Phi) is 4.84. The summed E-state index contributed by atoms with van der Waals surface area (Å²) in [5.41, 5.74) is 0.917. The van der Waals surface area contributed by atoms with E-state index in [1.54, 1.807) is 12.1 Å². The van der Waals surface area contributed by atoms with E-state index < -0.39 is 5.97 Å². The molecule has 0 saturated heterocycles. The van der Waals surface area contributed by atoms with E-state index in [1.807, 2.05) is 12.1 Å². The number of carboxylic acid groups (broad SMARTS) is 1. The first-order valence-corrected chi connectivity index (χ1v) is 6.50. The fourth-order valence-corrected chi connectivity index (χ4v) is 1.73. The summed E-state index contributed by atoms with van der Waals surface area (Å²) in [6.07, 6.45) is 0. The number of amides is 2. The van der Waals surface area contributed by atoms with Crippen LogP contribution >= 0.6 is 11.6 Å². The Bertz CT molecular complexity index is 637. The van der Waals surface area contributed by atoms with Crippen LogP contribution in [0.2, 0.25) is 5.02 Å². The van der Waals surface area contributed by atoms with Crippen LogP contribution in [0, 0.1) is 0 Å². The molecule has 2 aromatic rings. The smallest absolute Gasteiger partial charge is 0.371 e. The van der Waals surface area contributed by atoms with Gasteiger partial charge in [-0.25, -0.2) is 9.59 Å². The van der Waals surface area contributed by atoms with Gasteiger partial charge >= 0.3 is 12.0 Å². The lowest BCUT2D eigenvalue weighted by molar-refractivity contribution is 0.0660. The molecule has 2 rings (SSSR count). The van der Waals surface area contributed by atoms with E-state index in [2.05, 4.69) is 10.6 Å². The molecule has 1 aromatic carbocycles. The van der Waals surface area contributed by atoms with Crippen molar-refractivity contribution >= 4 is 23.6 Å². The van der Waals surface area contributed by atoms with Gasteiger partial charge in [-0.15, -0.1) is 0 Å². The van der Waals surface area contributed by atoms with Crippen LogP contribution in [0.15, 0.2) is 40.8 Å². The predicted octanol–water partition coefficient (Wildman–Crippen LogP) is 2.63. The fourth-order valence-electron chi connectivity index (χ4n) is 1.60. The molecule has 0 aliphatic rings. The quantitative estimate of drug-likeness (QED) is 0.791. The van der Waals surface area contributed by atoms with Crippen molar-refractivity contribution < 1.29 is 19.1 Å². The van der Waals surface area contributed by atoms with Crippen molar-refractivity contribution in [1.82, 2.24) is 10.6 Å². The highest BCUT2D eigenvalue weighted by molar-refractivity contribution is 6.30. The number of carbonyl (C=O) groups excluding carboxylic acids is 1. The summed E-state index contributed by atoms with van der Waals surface area (Å²) in [5.74, 6) is -0.934. The molecule has 0 radical (unpaired) electrons. The maximum Gasteiger partial charge on any atom is 0.371 e. The fraction of sp³-hybridized carbons (Fsp3) is 0.143. The molecule has 0 bridgehead atoms. The largest absolute Gasteiger partial charge is 0.475 e. The average Bonchev–Trinajstić information content (AvgIpc) is 2.93. The minimum absolute atomic E-state index is 0.111. The highest BCUT2D eigenvalue weighted by atomic mass is 35.5. The van der Waals surface area contributed by atoms with Crippen LogP contribution in [0.1, 0.15) is 21.9 Å². The number of hydrogen-bond donors (Lipinski definition) is 3. The number of halogens is 1. The predicted molar refractivity (Wildman–Crippen MR) is 76.2 cm³/mol. The molecule has 21 heavy (non-hydrogen) atoms. The van der Waals surface area contributed by atoms with Gasteiger partial charge in [0.1, 0.15) is 5.76 Å². The van der Waals surface area contributed by atoms with E-state index in [0.29, 0.717) is 17.3 Å². The lowest BCUT2D eigenvalue weighted by Gasteiger charge is -2.06. The molecule has 6 nitrogen and oxygen atoms in total. The topological polar surface area (TPSA) is 91.6 Å². The summed E-state index contributed by atoms with van der Waals surface area (Å²) >= 11 is 5.76. The Morgan fingerprint density at radius 1 is 1.05 bits per heavy atom. The molecule has 0 saturated carbocycles. The van der Waals surface area contributed by atoms with Crippen molar-refractivity contribution in [2.24, 2.45) is 0 Å². The number of furan rings is 1. The Hall–Kier alpha value is -2.47. The third-order valence-electron chi connectivity index (χ3n) is 2.66. The van der Waals surface area contributed by atoms with Gasteiger partial charge < -0.3 is 20.2 Å². The first kappa shape index (κ1) is 14.9. The first-order chi connectivity index (χ1) is 10.0. The molecule has 2 amide bonds. The normalized spacial score (nSPS) is 10.1. The highest BCUT2D eigenvalue weighted by Crippen LogP contribution is 2.09. The molecule has 0 atom stereocenters. The number of nitrogens with one attached hydrogen (secondary N) is 2. The molecular formula is C14H13ClN2O4. The van der Waals surface area contributed by atoms with Crippen molar-refractivity contribution in [3.8, 4) is 0 Å². The van der Waals surface area contributed by atoms with Gasteiger partial charge in [0.25, 0.3) is 0 Å². The number of carbonyl (C=O) groups is 2. The summed E-state index contributed by atoms with van der Waals surface area (Å²) in [4.78, 5) is 22.2. The van der Waals surface area contributed by atoms with Gasteiger partial charge in [-0.05, 0) is 29.8 Å². The summed E-state index contributed by atoms with van der Waals surface area (Å²) in [5, 5.41) is 14.6. The molecule has 0 aliphatic heterocycles. The third-order valence-corrected chi connectivity index (χ3v) is 2.91. The Morgan fingerprint density at radius 3 is 2.33 bits per heavy atom. The van der Waals surface area contributed by atoms with Gasteiger partial charge in [0.2, 0.25) is 5.76 Å². The number of rotatable bonds is 5. The Morgan fingerprint density at radius 2 is 1.71 bits per heavy atom. The average molecular weight is 309 g/mol. The van der Waals surface area contributed by atoms with Crippen molar-refractivity contribution in [3.63, 3.8) is 0 Å². The standard InChI is InChI=1S/C14H13ClN2O4/c15-10-3-1-9(2-4-10)7-16-14(20)17-8-11-5-6-12(21-11)13(18)19/h1-6H,7-8H2,(H,18,19)(H2,16,17,20). The van der Waals surface area contributed by atoms with Crippen molar-refractivity contribution in [2.75, 3.05) is 0 Å². The van der Waals surface area contributed by atoms with Gasteiger partial charge in [-0.1, -0.05) is 23.7 Å². The van der Waals surface area contributed by atoms with Crippen LogP contribution in [-0.4, -0.2) is 17.1 Å². The van der Waals surface area contributed by atoms with Crippen LogP contribution < -0.4 is 10.6 Å². The van der Waals surface area contributed by atoms with Crippen LogP contribution in [0.4, 0.5) is 4.79 Å². The second-order valence-corrected chi connectivity index (χ2v) is 4.67. The summed E-state index contributed by atoms with van der Waals surface area (Å²) in [6.45, 7) is 0.473. The molecule has 1 aromatic heterocycles. The Balaban J connectivity index is 1.76. The van der Waals surface area contributed by atoms with E-state index in [-0.39, 0.29) is 18.3 Å². The second kappa shape index (κ2) is 6.81. The van der Waals surface area contributed by atoms with E-state index >= 15 is 0 Å². The number of carboxylic acids is 1. The minimum atomic E-state index is -1.14. The van der Waals surface area contributed by atoms with E-state index in [9.17, 15) is 9.59 Å². The lowest BCUT2D eigenvalue weighted by atomic mass is 10.2. The van der Waals surface area contributed by atoms with Gasteiger partial charge in [-0.2, -0.15) is 0 Å². The Labute approximate surface area is 125 Å². The molecular weight excluding hydrogens is 296 g/mol. The maximum atomic E-state index is 11.6. The molecule has 0 fully saturated rings. The summed E-state index contributed by atoms with van der Waals surface area (Å²) in [6, 6.07) is 9.58. The number of aromatic carboxylic acids is 1. The second-order valence-electron chi connectivity index (χ2n) is 4.23. The summed E-state index contributed by atoms with van der Waals surface area (Å²) < 4.78 is 5.01. The van der Waals surface area contributed by atoms with Gasteiger partial charge in [0.15, 0.2) is 0 Å². The lowest BCUT2D eigenvalue weighted by Crippen LogP contribution is -2.34. The molecule has 0 aliphatic carbocycles. The molecule has 0 unspecified atom stereocenters. The maximum absolute atomic E-state index is 11.6. The van der Waals surface area contributed by atoms with Gasteiger partial charge in [0.05, 0.1) is 6.54 Å². The number of hydrogen-bond acceptors (Lipinski definition) is 3. The van der Waals surface area contributed by atoms with E-state index in [4.69, 9.17) is 21.1 Å². The van der Waals surface area contributed by atoms with Crippen molar-refractivity contribution in [2.45, 2.75) is 13.1 Å². The zero-order valence-corrected chi connectivity index (χ0v) is 11.7. The number of urea groups is 1. The number of benzene rings is 1. The van der Waals surface area contributed by atoms with Crippen molar-refractivity contribution in [3.05, 3.63) is 58.5 Å². The van der Waals surface area contributed by atoms with Crippen LogP contribution in [-0.2, 0) is 13.1 Å². The minimum Gasteiger partial charge on any atom is -0.475 e. The highest BCUT2D eigenvalue weighted by Gasteiger charge is 2.09. The molecule has 7 heteroatoms. The van der Waals surface area contributed by atoms with Crippen LogP contribution in [0.3, 0.4) is 0 Å². The zero-order chi connectivity index (χ0) is 15.2. The van der Waals surface area contributed by atoms with Gasteiger partial charge in [-0.3, -0.25) is 0 Å².